The number of nitrogens with zero attached hydrogens (tertiary/aromatic N) is 1. The first-order chi connectivity index (χ1) is 16.1. The van der Waals surface area contributed by atoms with Crippen LogP contribution in [0, 0.1) is 0 Å². The molecule has 1 atom stereocenters. The lowest BCUT2D eigenvalue weighted by Gasteiger charge is -2.14. The molecule has 0 aliphatic rings. The van der Waals surface area contributed by atoms with E-state index in [0.29, 0.717) is 5.56 Å². The summed E-state index contributed by atoms with van der Waals surface area (Å²) < 4.78 is 1.02. The predicted molar refractivity (Wildman–Crippen MR) is 137 cm³/mol. The van der Waals surface area contributed by atoms with Crippen LogP contribution in [-0.2, 0) is 0 Å². The maximum Gasteiger partial charge on any atom is 0.251 e. The second-order valence-electron chi connectivity index (χ2n) is 8.02. The molecule has 1 amide bonds. The van der Waals surface area contributed by atoms with Gasteiger partial charge in [-0.25, -0.2) is 0 Å². The van der Waals surface area contributed by atoms with Crippen molar-refractivity contribution >= 4 is 32.6 Å². The van der Waals surface area contributed by atoms with Crippen molar-refractivity contribution in [2.75, 3.05) is 0 Å². The lowest BCUT2D eigenvalue weighted by molar-refractivity contribution is 0.0940. The first kappa shape index (κ1) is 21.2. The van der Waals surface area contributed by atoms with Gasteiger partial charge in [-0.05, 0) is 53.6 Å². The molecule has 4 aromatic carbocycles. The van der Waals surface area contributed by atoms with Crippen LogP contribution in [-0.4, -0.2) is 16.1 Å². The van der Waals surface area contributed by atoms with Crippen molar-refractivity contribution < 1.29 is 4.79 Å². The minimum absolute atomic E-state index is 0.0835. The fourth-order valence-corrected chi connectivity index (χ4v) is 4.24. The number of halogens is 1. The molecule has 0 aliphatic heterocycles. The maximum atomic E-state index is 12.7. The van der Waals surface area contributed by atoms with Crippen LogP contribution < -0.4 is 5.32 Å². The molecule has 1 aromatic heterocycles. The smallest absolute Gasteiger partial charge is 0.251 e. The van der Waals surface area contributed by atoms with Gasteiger partial charge in [0.1, 0.15) is 0 Å². The number of aromatic nitrogens is 2. The average Bonchev–Trinajstić information content (AvgIpc) is 3.34. The first-order valence-electron chi connectivity index (χ1n) is 10.8. The fourth-order valence-electron chi connectivity index (χ4n) is 3.97. The van der Waals surface area contributed by atoms with Gasteiger partial charge in [0.05, 0.1) is 17.4 Å². The van der Waals surface area contributed by atoms with Crippen molar-refractivity contribution in [1.29, 1.82) is 0 Å². The number of carbonyl (C=O) groups excluding carboxylic acids is 1. The lowest BCUT2D eigenvalue weighted by atomic mass is 10.0. The number of hydrogen-bond acceptors (Lipinski definition) is 2. The number of hydrogen-bond donors (Lipinski definition) is 2. The van der Waals surface area contributed by atoms with Gasteiger partial charge in [0.25, 0.3) is 5.91 Å². The van der Waals surface area contributed by atoms with E-state index in [1.807, 2.05) is 73.7 Å². The predicted octanol–water partition coefficient (Wildman–Crippen LogP) is 7.15. The van der Waals surface area contributed by atoms with Crippen LogP contribution in [0.1, 0.15) is 28.9 Å². The number of H-pyrrole nitrogens is 1. The van der Waals surface area contributed by atoms with E-state index >= 15 is 0 Å². The summed E-state index contributed by atoms with van der Waals surface area (Å²) in [4.78, 5) is 12.7. The molecule has 1 unspecified atom stereocenters. The second kappa shape index (κ2) is 9.04. The highest BCUT2D eigenvalue weighted by atomic mass is 79.9. The Labute approximate surface area is 200 Å². The largest absolute Gasteiger partial charge is 0.346 e. The number of carbonyl (C=O) groups is 1. The van der Waals surface area contributed by atoms with E-state index in [2.05, 4.69) is 61.8 Å². The Morgan fingerprint density at radius 3 is 2.42 bits per heavy atom. The van der Waals surface area contributed by atoms with Crippen LogP contribution in [0.15, 0.2) is 102 Å². The third-order valence-corrected chi connectivity index (χ3v) is 6.35. The lowest BCUT2D eigenvalue weighted by Crippen LogP contribution is -2.26. The molecule has 0 saturated heterocycles. The Balaban J connectivity index is 1.33. The molecule has 5 heteroatoms. The fraction of sp³-hybridized carbons (Fsp3) is 0.0714. The van der Waals surface area contributed by atoms with Gasteiger partial charge >= 0.3 is 0 Å². The van der Waals surface area contributed by atoms with Gasteiger partial charge in [-0.15, -0.1) is 0 Å². The van der Waals surface area contributed by atoms with E-state index in [-0.39, 0.29) is 11.9 Å². The van der Waals surface area contributed by atoms with Gasteiger partial charge in [-0.1, -0.05) is 82.7 Å². The third kappa shape index (κ3) is 4.45. The van der Waals surface area contributed by atoms with E-state index in [1.54, 1.807) is 0 Å². The Morgan fingerprint density at radius 2 is 1.64 bits per heavy atom. The van der Waals surface area contributed by atoms with Crippen LogP contribution in [0.4, 0.5) is 0 Å². The molecule has 5 rings (SSSR count). The van der Waals surface area contributed by atoms with Crippen molar-refractivity contribution in [3.8, 4) is 22.5 Å². The highest BCUT2D eigenvalue weighted by molar-refractivity contribution is 9.10. The molecule has 0 aliphatic carbocycles. The summed E-state index contributed by atoms with van der Waals surface area (Å²) in [5, 5.41) is 13.1. The van der Waals surface area contributed by atoms with Crippen LogP contribution in [0.3, 0.4) is 0 Å². The molecule has 162 valence electrons. The van der Waals surface area contributed by atoms with Gasteiger partial charge in [0.2, 0.25) is 0 Å². The van der Waals surface area contributed by atoms with E-state index in [1.165, 1.54) is 10.8 Å². The van der Waals surface area contributed by atoms with Gasteiger partial charge in [-0.2, -0.15) is 5.10 Å². The first-order valence-corrected chi connectivity index (χ1v) is 11.6. The highest BCUT2D eigenvalue weighted by Crippen LogP contribution is 2.30. The van der Waals surface area contributed by atoms with Crippen LogP contribution in [0.5, 0.6) is 0 Å². The number of nitrogens with one attached hydrogen (secondary N) is 2. The van der Waals surface area contributed by atoms with Crippen LogP contribution >= 0.6 is 15.9 Å². The zero-order valence-corrected chi connectivity index (χ0v) is 19.6. The minimum Gasteiger partial charge on any atom is -0.346 e. The van der Waals surface area contributed by atoms with Crippen molar-refractivity contribution in [2.24, 2.45) is 0 Å². The standard InChI is InChI=1S/C28H22BrN3O/c1-18(19-13-15-23(29)16-14-19)30-28(33)22-11-9-21(10-12-22)26-17-27(32-31-26)25-8-4-6-20-5-2-3-7-24(20)25/h2-18H,1H3,(H,30,33)(H,31,32). The minimum atomic E-state index is -0.101. The molecule has 33 heavy (non-hydrogen) atoms. The van der Waals surface area contributed by atoms with Crippen molar-refractivity contribution in [1.82, 2.24) is 15.5 Å². The van der Waals surface area contributed by atoms with Crippen molar-refractivity contribution in [2.45, 2.75) is 13.0 Å². The van der Waals surface area contributed by atoms with Crippen molar-refractivity contribution in [3.63, 3.8) is 0 Å². The molecular weight excluding hydrogens is 474 g/mol. The topological polar surface area (TPSA) is 57.8 Å². The highest BCUT2D eigenvalue weighted by Gasteiger charge is 2.13. The molecule has 2 N–H and O–H groups in total. The van der Waals surface area contributed by atoms with Gasteiger partial charge < -0.3 is 5.32 Å². The summed E-state index contributed by atoms with van der Waals surface area (Å²) in [6, 6.07) is 32.0. The van der Waals surface area contributed by atoms with Crippen molar-refractivity contribution in [3.05, 3.63) is 113 Å². The van der Waals surface area contributed by atoms with Gasteiger partial charge in [0, 0.05) is 21.2 Å². The summed E-state index contributed by atoms with van der Waals surface area (Å²) in [6.45, 7) is 1.98. The molecule has 4 nitrogen and oxygen atoms in total. The second-order valence-corrected chi connectivity index (χ2v) is 8.93. The Hall–Kier alpha value is -3.70. The number of fused-ring (bicyclic) bond motifs is 1. The van der Waals surface area contributed by atoms with Crippen LogP contribution in [0.25, 0.3) is 33.3 Å². The number of benzene rings is 4. The zero-order valence-electron chi connectivity index (χ0n) is 18.0. The van der Waals surface area contributed by atoms with Gasteiger partial charge in [0.15, 0.2) is 0 Å². The molecule has 0 radical (unpaired) electrons. The molecule has 0 saturated carbocycles. The normalized spacial score (nSPS) is 11.9. The summed E-state index contributed by atoms with van der Waals surface area (Å²) in [6.07, 6.45) is 0. The Kier molecular flexibility index (Phi) is 5.80. The average molecular weight is 496 g/mol. The van der Waals surface area contributed by atoms with E-state index in [0.717, 1.165) is 32.6 Å². The molecule has 5 aromatic rings. The molecule has 1 heterocycles. The van der Waals surface area contributed by atoms with E-state index in [9.17, 15) is 4.79 Å². The van der Waals surface area contributed by atoms with E-state index in [4.69, 9.17) is 0 Å². The number of amides is 1. The SMILES string of the molecule is CC(NC(=O)c1ccc(-c2cc(-c3cccc4ccccc34)[nH]n2)cc1)c1ccc(Br)cc1. The zero-order chi connectivity index (χ0) is 22.8. The Bertz CT molecular complexity index is 1420. The summed E-state index contributed by atoms with van der Waals surface area (Å²) in [5.41, 5.74) is 5.55. The summed E-state index contributed by atoms with van der Waals surface area (Å²) in [5.74, 6) is -0.101. The molecule has 0 spiro atoms. The summed E-state index contributed by atoms with van der Waals surface area (Å²) in [7, 11) is 0. The van der Waals surface area contributed by atoms with Crippen LogP contribution in [0.2, 0.25) is 0 Å². The maximum absolute atomic E-state index is 12.7. The van der Waals surface area contributed by atoms with Gasteiger partial charge in [-0.3, -0.25) is 9.89 Å². The number of aromatic amines is 1. The number of rotatable bonds is 5. The quantitative estimate of drug-likeness (QED) is 0.272. The van der Waals surface area contributed by atoms with E-state index < -0.39 is 0 Å². The summed E-state index contributed by atoms with van der Waals surface area (Å²) >= 11 is 3.44. The molecule has 0 fully saturated rings. The Morgan fingerprint density at radius 1 is 0.909 bits per heavy atom. The third-order valence-electron chi connectivity index (χ3n) is 5.82. The monoisotopic (exact) mass is 495 g/mol. The molecular formula is C28H22BrN3O. The molecule has 0 bridgehead atoms.